The lowest BCUT2D eigenvalue weighted by atomic mass is 10.0. The zero-order valence-electron chi connectivity index (χ0n) is 20.6. The van der Waals surface area contributed by atoms with Gasteiger partial charge in [0, 0.05) is 54.0 Å². The molecule has 190 valence electrons. The number of benzene rings is 2. The molecule has 1 aromatic heterocycles. The van der Waals surface area contributed by atoms with Crippen LogP contribution < -0.4 is 10.2 Å². The van der Waals surface area contributed by atoms with E-state index in [0.29, 0.717) is 53.5 Å². The van der Waals surface area contributed by atoms with E-state index in [4.69, 9.17) is 16.3 Å². The Morgan fingerprint density at radius 2 is 1.57 bits per heavy atom. The minimum atomic E-state index is -1.11. The minimum Gasteiger partial charge on any atom is -0.478 e. The average Bonchev–Trinajstić information content (AvgIpc) is 2.92. The van der Waals surface area contributed by atoms with Crippen LogP contribution in [0, 0.1) is 0 Å². The van der Waals surface area contributed by atoms with Gasteiger partial charge in [-0.2, -0.15) is 5.10 Å². The lowest BCUT2D eigenvalue weighted by Gasteiger charge is -2.34. The summed E-state index contributed by atoms with van der Waals surface area (Å²) in [5.74, 6) is -0.157. The molecule has 3 aromatic rings. The summed E-state index contributed by atoms with van der Waals surface area (Å²) in [7, 11) is 0. The highest BCUT2D eigenvalue weighted by Gasteiger charge is 2.35. The van der Waals surface area contributed by atoms with Crippen LogP contribution in [0.15, 0.2) is 78.0 Å². The first-order chi connectivity index (χ1) is 17.7. The zero-order valence-corrected chi connectivity index (χ0v) is 21.4. The second-order valence-electron chi connectivity index (χ2n) is 9.10. The highest BCUT2D eigenvalue weighted by molar-refractivity contribution is 6.30. The van der Waals surface area contributed by atoms with Crippen molar-refractivity contribution in [1.82, 2.24) is 15.3 Å². The predicted molar refractivity (Wildman–Crippen MR) is 141 cm³/mol. The van der Waals surface area contributed by atoms with Crippen LogP contribution >= 0.6 is 11.6 Å². The number of rotatable bonds is 7. The number of amides is 2. The third-order valence-corrected chi connectivity index (χ3v) is 6.20. The van der Waals surface area contributed by atoms with Gasteiger partial charge in [0.25, 0.3) is 11.8 Å². The van der Waals surface area contributed by atoms with Crippen LogP contribution in [0.2, 0.25) is 5.02 Å². The van der Waals surface area contributed by atoms with Crippen LogP contribution in [0.3, 0.4) is 0 Å². The number of ketones is 1. The van der Waals surface area contributed by atoms with Crippen molar-refractivity contribution in [2.45, 2.75) is 32.3 Å². The molecule has 2 aromatic carbocycles. The summed E-state index contributed by atoms with van der Waals surface area (Å²) in [6, 6.07) is 18.5. The van der Waals surface area contributed by atoms with Gasteiger partial charge in [0.2, 0.25) is 0 Å². The van der Waals surface area contributed by atoms with Gasteiger partial charge >= 0.3 is 0 Å². The topological polar surface area (TPSA) is 101 Å². The van der Waals surface area contributed by atoms with E-state index in [9.17, 15) is 14.4 Å². The lowest BCUT2D eigenvalue weighted by molar-refractivity contribution is -0.145. The first-order valence-electron chi connectivity index (χ1n) is 11.9. The van der Waals surface area contributed by atoms with Gasteiger partial charge < -0.3 is 9.64 Å². The molecule has 0 aliphatic carbocycles. The molecule has 0 atom stereocenters. The molecule has 8 nitrogen and oxygen atoms in total. The van der Waals surface area contributed by atoms with Crippen molar-refractivity contribution in [2.75, 3.05) is 13.1 Å². The maximum absolute atomic E-state index is 13.2. The Morgan fingerprint density at radius 1 is 0.946 bits per heavy atom. The van der Waals surface area contributed by atoms with E-state index >= 15 is 0 Å². The van der Waals surface area contributed by atoms with Crippen LogP contribution in [-0.4, -0.2) is 51.9 Å². The molecule has 37 heavy (non-hydrogen) atoms. The quantitative estimate of drug-likeness (QED) is 0.366. The normalized spacial score (nSPS) is 13.6. The fourth-order valence-corrected chi connectivity index (χ4v) is 4.05. The summed E-state index contributed by atoms with van der Waals surface area (Å²) in [6.45, 7) is 4.38. The van der Waals surface area contributed by atoms with Gasteiger partial charge in [-0.25, -0.2) is 5.43 Å². The Morgan fingerprint density at radius 3 is 2.16 bits per heavy atom. The Balaban J connectivity index is 1.31. The second-order valence-corrected chi connectivity index (χ2v) is 9.54. The standard InChI is InChI=1S/C28H27ClN4O4/c1-28(2,37-23-12-8-20(9-13-23)25(34)19-6-10-21(29)11-7-19)27(36)33-17-14-22(15-18-33)31-32-26(35)24-5-3-4-16-30-24/h3-13,16H,14-15,17-18H2,1-2H3,(H,32,35). The summed E-state index contributed by atoms with van der Waals surface area (Å²) in [6.07, 6.45) is 2.64. The Labute approximate surface area is 220 Å². The molecule has 1 N–H and O–H groups in total. The SMILES string of the molecule is CC(C)(Oc1ccc(C(=O)c2ccc(Cl)cc2)cc1)C(=O)N1CCC(=NNC(=O)c2ccccn2)CC1. The van der Waals surface area contributed by atoms with E-state index in [-0.39, 0.29) is 17.6 Å². The molecule has 0 spiro atoms. The fraction of sp³-hybridized carbons (Fsp3) is 0.250. The Kier molecular flexibility index (Phi) is 7.98. The number of pyridine rings is 1. The molecule has 0 unspecified atom stereocenters. The molecule has 0 radical (unpaired) electrons. The van der Waals surface area contributed by atoms with Gasteiger partial charge in [-0.3, -0.25) is 19.4 Å². The van der Waals surface area contributed by atoms with E-state index < -0.39 is 5.60 Å². The number of likely N-dealkylation sites (tertiary alicyclic amines) is 1. The van der Waals surface area contributed by atoms with Gasteiger partial charge in [-0.1, -0.05) is 17.7 Å². The third-order valence-electron chi connectivity index (χ3n) is 5.95. The zero-order chi connectivity index (χ0) is 26.4. The second kappa shape index (κ2) is 11.3. The number of hydrogen-bond acceptors (Lipinski definition) is 6. The molecule has 2 heterocycles. The maximum Gasteiger partial charge on any atom is 0.289 e. The number of nitrogens with zero attached hydrogens (tertiary/aromatic N) is 3. The highest BCUT2D eigenvalue weighted by atomic mass is 35.5. The summed E-state index contributed by atoms with van der Waals surface area (Å²) >= 11 is 5.90. The number of carbonyl (C=O) groups excluding carboxylic acids is 3. The van der Waals surface area contributed by atoms with E-state index in [1.807, 2.05) is 0 Å². The number of hydrogen-bond donors (Lipinski definition) is 1. The van der Waals surface area contributed by atoms with Gasteiger partial charge in [0.1, 0.15) is 11.4 Å². The number of nitrogens with one attached hydrogen (secondary N) is 1. The first kappa shape index (κ1) is 26.0. The fourth-order valence-electron chi connectivity index (χ4n) is 3.93. The van der Waals surface area contributed by atoms with E-state index in [0.717, 1.165) is 5.71 Å². The molecule has 0 bridgehead atoms. The number of hydrazone groups is 1. The van der Waals surface area contributed by atoms with Crippen LogP contribution in [0.25, 0.3) is 0 Å². The Bertz CT molecular complexity index is 1300. The van der Waals surface area contributed by atoms with Gasteiger partial charge in [-0.15, -0.1) is 0 Å². The van der Waals surface area contributed by atoms with Crippen LogP contribution in [-0.2, 0) is 4.79 Å². The van der Waals surface area contributed by atoms with Gasteiger partial charge in [0.15, 0.2) is 11.4 Å². The molecular formula is C28H27ClN4O4. The highest BCUT2D eigenvalue weighted by Crippen LogP contribution is 2.23. The number of aromatic nitrogens is 1. The molecule has 1 fully saturated rings. The molecular weight excluding hydrogens is 492 g/mol. The van der Waals surface area contributed by atoms with E-state index in [1.165, 1.54) is 0 Å². The molecule has 2 amide bonds. The van der Waals surface area contributed by atoms with E-state index in [1.54, 1.807) is 91.7 Å². The minimum absolute atomic E-state index is 0.124. The molecule has 1 aliphatic heterocycles. The summed E-state index contributed by atoms with van der Waals surface area (Å²) in [5.41, 5.74) is 3.58. The molecule has 1 aliphatic rings. The largest absolute Gasteiger partial charge is 0.478 e. The number of carbonyl (C=O) groups is 3. The Hall–Kier alpha value is -4.04. The number of ether oxygens (including phenoxy) is 1. The lowest BCUT2D eigenvalue weighted by Crippen LogP contribution is -2.51. The number of halogens is 1. The van der Waals surface area contributed by atoms with Crippen LogP contribution in [0.4, 0.5) is 0 Å². The smallest absolute Gasteiger partial charge is 0.289 e. The molecule has 0 saturated carbocycles. The van der Waals surface area contributed by atoms with Crippen molar-refractivity contribution in [3.63, 3.8) is 0 Å². The maximum atomic E-state index is 13.2. The predicted octanol–water partition coefficient (Wildman–Crippen LogP) is 4.53. The first-order valence-corrected chi connectivity index (χ1v) is 12.3. The van der Waals surface area contributed by atoms with Crippen molar-refractivity contribution in [1.29, 1.82) is 0 Å². The van der Waals surface area contributed by atoms with Crippen LogP contribution in [0.5, 0.6) is 5.75 Å². The van der Waals surface area contributed by atoms with Crippen molar-refractivity contribution in [2.24, 2.45) is 5.10 Å². The van der Waals surface area contributed by atoms with Gasteiger partial charge in [0.05, 0.1) is 0 Å². The van der Waals surface area contributed by atoms with Crippen LogP contribution in [0.1, 0.15) is 53.1 Å². The molecule has 4 rings (SSSR count). The van der Waals surface area contributed by atoms with Gasteiger partial charge in [-0.05, 0) is 74.5 Å². The monoisotopic (exact) mass is 518 g/mol. The molecule has 9 heteroatoms. The summed E-state index contributed by atoms with van der Waals surface area (Å²) in [5, 5.41) is 4.77. The van der Waals surface area contributed by atoms with Crippen molar-refractivity contribution >= 4 is 34.9 Å². The molecule has 1 saturated heterocycles. The number of piperidine rings is 1. The summed E-state index contributed by atoms with van der Waals surface area (Å²) in [4.78, 5) is 43.7. The van der Waals surface area contributed by atoms with Crippen molar-refractivity contribution < 1.29 is 19.1 Å². The van der Waals surface area contributed by atoms with Crippen molar-refractivity contribution in [3.05, 3.63) is 94.8 Å². The van der Waals surface area contributed by atoms with E-state index in [2.05, 4.69) is 15.5 Å². The average molecular weight is 519 g/mol. The third kappa shape index (κ3) is 6.59. The summed E-state index contributed by atoms with van der Waals surface area (Å²) < 4.78 is 6.01. The van der Waals surface area contributed by atoms with Crippen molar-refractivity contribution in [3.8, 4) is 5.75 Å².